The van der Waals surface area contributed by atoms with Crippen molar-refractivity contribution in [2.45, 2.75) is 33.4 Å². The van der Waals surface area contributed by atoms with Gasteiger partial charge in [0.25, 0.3) is 5.91 Å². The summed E-state index contributed by atoms with van der Waals surface area (Å²) >= 11 is 0. The highest BCUT2D eigenvalue weighted by atomic mass is 16.5. The predicted molar refractivity (Wildman–Crippen MR) is 136 cm³/mol. The molecule has 0 saturated carbocycles. The van der Waals surface area contributed by atoms with Crippen LogP contribution in [-0.2, 0) is 11.4 Å². The van der Waals surface area contributed by atoms with Crippen molar-refractivity contribution in [3.05, 3.63) is 113 Å². The number of hydrogen-bond donors (Lipinski definition) is 2. The van der Waals surface area contributed by atoms with Crippen molar-refractivity contribution in [3.63, 3.8) is 0 Å². The number of aromatic nitrogens is 3. The fourth-order valence-electron chi connectivity index (χ4n) is 4.28. The van der Waals surface area contributed by atoms with Crippen LogP contribution in [0.5, 0.6) is 5.75 Å². The first-order valence-electron chi connectivity index (χ1n) is 11.5. The quantitative estimate of drug-likeness (QED) is 0.398. The van der Waals surface area contributed by atoms with E-state index in [2.05, 4.69) is 39.8 Å². The number of fused-ring (bicyclic) bond motifs is 1. The number of anilines is 2. The Bertz CT molecular complexity index is 1400. The Balaban J connectivity index is 1.42. The summed E-state index contributed by atoms with van der Waals surface area (Å²) in [5.74, 6) is 1.17. The second-order valence-electron chi connectivity index (χ2n) is 8.65. The van der Waals surface area contributed by atoms with Crippen LogP contribution in [0.25, 0.3) is 0 Å². The molecular formula is C28H27N5O2. The molecule has 1 aliphatic rings. The van der Waals surface area contributed by atoms with Crippen molar-refractivity contribution in [1.29, 1.82) is 0 Å². The molecule has 0 radical (unpaired) electrons. The minimum atomic E-state index is -0.428. The Morgan fingerprint density at radius 2 is 1.69 bits per heavy atom. The zero-order valence-corrected chi connectivity index (χ0v) is 19.9. The number of aryl methyl sites for hydroxylation is 2. The topological polar surface area (TPSA) is 81.1 Å². The lowest BCUT2D eigenvalue weighted by Crippen LogP contribution is -2.31. The van der Waals surface area contributed by atoms with Gasteiger partial charge in [-0.1, -0.05) is 54.6 Å². The van der Waals surface area contributed by atoms with E-state index in [0.29, 0.717) is 18.1 Å². The molecule has 4 aromatic rings. The van der Waals surface area contributed by atoms with E-state index in [1.54, 1.807) is 4.68 Å². The van der Waals surface area contributed by atoms with Crippen LogP contribution in [0.1, 0.15) is 35.2 Å². The van der Waals surface area contributed by atoms with E-state index in [0.717, 1.165) is 33.8 Å². The van der Waals surface area contributed by atoms with Crippen LogP contribution < -0.4 is 15.4 Å². The zero-order valence-electron chi connectivity index (χ0n) is 19.9. The van der Waals surface area contributed by atoms with Gasteiger partial charge < -0.3 is 15.4 Å². The minimum Gasteiger partial charge on any atom is -0.489 e. The van der Waals surface area contributed by atoms with Crippen molar-refractivity contribution in [2.75, 3.05) is 10.6 Å². The van der Waals surface area contributed by atoms with E-state index in [1.165, 1.54) is 11.9 Å². The number of benzene rings is 3. The molecule has 2 N–H and O–H groups in total. The molecule has 3 aromatic carbocycles. The first-order chi connectivity index (χ1) is 17.0. The van der Waals surface area contributed by atoms with Crippen molar-refractivity contribution in [2.24, 2.45) is 0 Å². The van der Waals surface area contributed by atoms with Gasteiger partial charge in [0.2, 0.25) is 5.95 Å². The van der Waals surface area contributed by atoms with E-state index >= 15 is 0 Å². The standard InChI is InChI=1S/C28H27N5O2/c1-18-8-4-6-10-22(18)16-35-23-14-12-21(13-15-23)26-25(20(3)31-28-29-17-30-33(26)28)27(34)32-24-11-7-5-9-19(24)2/h4-15,17,26H,16H2,1-3H3,(H,32,34)(H,29,30,31). The summed E-state index contributed by atoms with van der Waals surface area (Å²) in [4.78, 5) is 17.8. The van der Waals surface area contributed by atoms with E-state index in [1.807, 2.05) is 74.5 Å². The molecular weight excluding hydrogens is 438 g/mol. The molecule has 1 unspecified atom stereocenters. The lowest BCUT2D eigenvalue weighted by molar-refractivity contribution is -0.113. The van der Waals surface area contributed by atoms with Crippen LogP contribution in [0, 0.1) is 13.8 Å². The molecule has 0 spiro atoms. The summed E-state index contributed by atoms with van der Waals surface area (Å²) < 4.78 is 7.76. The van der Waals surface area contributed by atoms with Crippen molar-refractivity contribution in [3.8, 4) is 5.75 Å². The van der Waals surface area contributed by atoms with Gasteiger partial charge in [0, 0.05) is 11.4 Å². The van der Waals surface area contributed by atoms with Crippen molar-refractivity contribution < 1.29 is 9.53 Å². The summed E-state index contributed by atoms with van der Waals surface area (Å²) in [6, 6.07) is 23.3. The van der Waals surface area contributed by atoms with E-state index in [9.17, 15) is 4.79 Å². The molecule has 176 valence electrons. The van der Waals surface area contributed by atoms with Gasteiger partial charge in [-0.2, -0.15) is 10.1 Å². The van der Waals surface area contributed by atoms with E-state index in [-0.39, 0.29) is 5.91 Å². The average Bonchev–Trinajstić information content (AvgIpc) is 3.32. The molecule has 1 aliphatic heterocycles. The number of hydrogen-bond acceptors (Lipinski definition) is 5. The van der Waals surface area contributed by atoms with Crippen LogP contribution in [0.15, 0.2) is 90.4 Å². The molecule has 2 heterocycles. The summed E-state index contributed by atoms with van der Waals surface area (Å²) in [7, 11) is 0. The normalized spacial score (nSPS) is 14.8. The summed E-state index contributed by atoms with van der Waals surface area (Å²) in [6.45, 7) is 6.43. The van der Waals surface area contributed by atoms with Gasteiger partial charge in [-0.25, -0.2) is 4.68 Å². The SMILES string of the molecule is CC1=C(C(=O)Nc2ccccc2C)C(c2ccc(OCc3ccccc3C)cc2)n2ncnc2N1. The minimum absolute atomic E-state index is 0.185. The molecule has 7 heteroatoms. The lowest BCUT2D eigenvalue weighted by atomic mass is 9.95. The van der Waals surface area contributed by atoms with Gasteiger partial charge in [0.15, 0.2) is 0 Å². The maximum absolute atomic E-state index is 13.5. The van der Waals surface area contributed by atoms with Gasteiger partial charge >= 0.3 is 0 Å². The second-order valence-corrected chi connectivity index (χ2v) is 8.65. The molecule has 0 aliphatic carbocycles. The first kappa shape index (κ1) is 22.4. The third kappa shape index (κ3) is 4.53. The second kappa shape index (κ2) is 9.46. The molecule has 0 bridgehead atoms. The molecule has 1 amide bonds. The van der Waals surface area contributed by atoms with Gasteiger partial charge in [-0.15, -0.1) is 0 Å². The van der Waals surface area contributed by atoms with Crippen LogP contribution in [0.2, 0.25) is 0 Å². The Morgan fingerprint density at radius 3 is 2.43 bits per heavy atom. The van der Waals surface area contributed by atoms with Gasteiger partial charge in [-0.05, 0) is 61.2 Å². The fraction of sp³-hybridized carbons (Fsp3) is 0.179. The van der Waals surface area contributed by atoms with Gasteiger partial charge in [0.05, 0.1) is 5.57 Å². The number of carbonyl (C=O) groups excluding carboxylic acids is 1. The molecule has 0 fully saturated rings. The van der Waals surface area contributed by atoms with E-state index < -0.39 is 6.04 Å². The van der Waals surface area contributed by atoms with Crippen LogP contribution in [0.3, 0.4) is 0 Å². The summed E-state index contributed by atoms with van der Waals surface area (Å²) in [5.41, 5.74) is 6.35. The maximum atomic E-state index is 13.5. The third-order valence-corrected chi connectivity index (χ3v) is 6.28. The summed E-state index contributed by atoms with van der Waals surface area (Å²) in [6.07, 6.45) is 1.49. The molecule has 5 rings (SSSR count). The molecule has 1 aromatic heterocycles. The highest BCUT2D eigenvalue weighted by Crippen LogP contribution is 2.36. The third-order valence-electron chi connectivity index (χ3n) is 6.28. The fourth-order valence-corrected chi connectivity index (χ4v) is 4.28. The highest BCUT2D eigenvalue weighted by molar-refractivity contribution is 6.06. The maximum Gasteiger partial charge on any atom is 0.255 e. The summed E-state index contributed by atoms with van der Waals surface area (Å²) in [5, 5.41) is 10.7. The molecule has 35 heavy (non-hydrogen) atoms. The zero-order chi connectivity index (χ0) is 24.4. The molecule has 7 nitrogen and oxygen atoms in total. The number of rotatable bonds is 6. The largest absolute Gasteiger partial charge is 0.489 e. The lowest BCUT2D eigenvalue weighted by Gasteiger charge is -2.29. The van der Waals surface area contributed by atoms with Crippen molar-refractivity contribution >= 4 is 17.5 Å². The Labute approximate surface area is 204 Å². The first-order valence-corrected chi connectivity index (χ1v) is 11.5. The van der Waals surface area contributed by atoms with Gasteiger partial charge in [0.1, 0.15) is 24.7 Å². The monoisotopic (exact) mass is 465 g/mol. The smallest absolute Gasteiger partial charge is 0.255 e. The Morgan fingerprint density at radius 1 is 0.971 bits per heavy atom. The van der Waals surface area contributed by atoms with Crippen LogP contribution in [-0.4, -0.2) is 20.7 Å². The van der Waals surface area contributed by atoms with E-state index in [4.69, 9.17) is 4.74 Å². The number of ether oxygens (including phenoxy) is 1. The Hall–Kier alpha value is -4.39. The Kier molecular flexibility index (Phi) is 6.06. The van der Waals surface area contributed by atoms with Gasteiger partial charge in [-0.3, -0.25) is 4.79 Å². The highest BCUT2D eigenvalue weighted by Gasteiger charge is 2.33. The number of nitrogens with zero attached hydrogens (tertiary/aromatic N) is 3. The molecule has 0 saturated heterocycles. The van der Waals surface area contributed by atoms with Crippen LogP contribution >= 0.6 is 0 Å². The average molecular weight is 466 g/mol. The number of allylic oxidation sites excluding steroid dienone is 1. The number of para-hydroxylation sites is 1. The predicted octanol–water partition coefficient (Wildman–Crippen LogP) is 5.40. The number of nitrogens with one attached hydrogen (secondary N) is 2. The molecule has 1 atom stereocenters. The number of amides is 1. The van der Waals surface area contributed by atoms with Crippen molar-refractivity contribution in [1.82, 2.24) is 14.8 Å². The van der Waals surface area contributed by atoms with Crippen LogP contribution in [0.4, 0.5) is 11.6 Å². The number of carbonyl (C=O) groups is 1.